The molecule has 0 aromatic heterocycles. The maximum absolute atomic E-state index is 5.51. The molecule has 10 heavy (non-hydrogen) atoms. The van der Waals surface area contributed by atoms with E-state index < -0.39 is 0 Å². The van der Waals surface area contributed by atoms with Gasteiger partial charge in [0.2, 0.25) is 0 Å². The zero-order valence-corrected chi connectivity index (χ0v) is 7.98. The van der Waals surface area contributed by atoms with Crippen LogP contribution in [0.4, 0.5) is 0 Å². The van der Waals surface area contributed by atoms with Crippen LogP contribution >= 0.6 is 15.9 Å². The Balaban J connectivity index is 2.31. The Morgan fingerprint density at radius 3 is 2.70 bits per heavy atom. The summed E-state index contributed by atoms with van der Waals surface area (Å²) in [7, 11) is 0. The molecule has 1 rings (SSSR count). The monoisotopic (exact) mass is 208 g/mol. The van der Waals surface area contributed by atoms with Crippen LogP contribution in [0.5, 0.6) is 0 Å². The minimum atomic E-state index is -0.0847. The van der Waals surface area contributed by atoms with E-state index in [0.29, 0.717) is 13.2 Å². The Bertz CT molecular complexity index is 104. The quantitative estimate of drug-likeness (QED) is 0.610. The van der Waals surface area contributed by atoms with Crippen LogP contribution in [0, 0.1) is 0 Å². The third-order valence-corrected chi connectivity index (χ3v) is 2.22. The lowest BCUT2D eigenvalue weighted by Crippen LogP contribution is -2.42. The Labute approximate surface area is 70.0 Å². The lowest BCUT2D eigenvalue weighted by atomic mass is 10.1. The Hall–Kier alpha value is 0.400. The first kappa shape index (κ1) is 8.50. The van der Waals surface area contributed by atoms with Gasteiger partial charge in [0.05, 0.1) is 24.9 Å². The van der Waals surface area contributed by atoms with Crippen LogP contribution in [-0.4, -0.2) is 30.2 Å². The number of hydrogen-bond acceptors (Lipinski definition) is 2. The summed E-state index contributed by atoms with van der Waals surface area (Å²) in [6.45, 7) is 5.48. The van der Waals surface area contributed by atoms with Crippen molar-refractivity contribution >= 4 is 15.9 Å². The maximum atomic E-state index is 5.51. The van der Waals surface area contributed by atoms with Gasteiger partial charge in [-0.15, -0.1) is 0 Å². The molecule has 1 atom stereocenters. The van der Waals surface area contributed by atoms with Gasteiger partial charge in [0.25, 0.3) is 0 Å². The van der Waals surface area contributed by atoms with Gasteiger partial charge in [-0.3, -0.25) is 0 Å². The van der Waals surface area contributed by atoms with Crippen LogP contribution in [0.1, 0.15) is 13.8 Å². The molecule has 0 aromatic rings. The van der Waals surface area contributed by atoms with Gasteiger partial charge in [0, 0.05) is 5.33 Å². The third-order valence-electron chi connectivity index (χ3n) is 1.50. The molecule has 1 unspecified atom stereocenters. The summed E-state index contributed by atoms with van der Waals surface area (Å²) in [5, 5.41) is 0.864. The van der Waals surface area contributed by atoms with Gasteiger partial charge in [-0.05, 0) is 13.8 Å². The smallest absolute Gasteiger partial charge is 0.0906 e. The molecule has 60 valence electrons. The highest BCUT2D eigenvalue weighted by Crippen LogP contribution is 2.17. The number of ether oxygens (including phenoxy) is 2. The van der Waals surface area contributed by atoms with Crippen LogP contribution < -0.4 is 0 Å². The zero-order chi connectivity index (χ0) is 7.61. The first-order valence-corrected chi connectivity index (χ1v) is 4.58. The van der Waals surface area contributed by atoms with Gasteiger partial charge in [0.1, 0.15) is 0 Å². The van der Waals surface area contributed by atoms with Crippen molar-refractivity contribution in [2.24, 2.45) is 0 Å². The summed E-state index contributed by atoms with van der Waals surface area (Å²) >= 11 is 3.34. The van der Waals surface area contributed by atoms with Crippen LogP contribution in [0.3, 0.4) is 0 Å². The van der Waals surface area contributed by atoms with Gasteiger partial charge in [-0.1, -0.05) is 15.9 Å². The second-order valence-electron chi connectivity index (χ2n) is 3.16. The van der Waals surface area contributed by atoms with Crippen molar-refractivity contribution in [2.75, 3.05) is 18.5 Å². The average Bonchev–Trinajstić information content (AvgIpc) is 1.88. The molecule has 0 radical (unpaired) electrons. The van der Waals surface area contributed by atoms with E-state index in [2.05, 4.69) is 15.9 Å². The highest BCUT2D eigenvalue weighted by atomic mass is 79.9. The topological polar surface area (TPSA) is 18.5 Å². The fourth-order valence-electron chi connectivity index (χ4n) is 0.816. The molecule has 0 N–H and O–H groups in total. The van der Waals surface area contributed by atoms with Gasteiger partial charge >= 0.3 is 0 Å². The fourth-order valence-corrected chi connectivity index (χ4v) is 1.19. The summed E-state index contributed by atoms with van der Waals surface area (Å²) in [6, 6.07) is 0. The zero-order valence-electron chi connectivity index (χ0n) is 6.39. The Kier molecular flexibility index (Phi) is 2.72. The minimum Gasteiger partial charge on any atom is -0.372 e. The second-order valence-corrected chi connectivity index (χ2v) is 3.81. The van der Waals surface area contributed by atoms with Crippen molar-refractivity contribution in [3.63, 3.8) is 0 Å². The number of alkyl halides is 1. The summed E-state index contributed by atoms with van der Waals surface area (Å²) in [4.78, 5) is 0. The molecule has 1 saturated heterocycles. The predicted molar refractivity (Wildman–Crippen MR) is 43.6 cm³/mol. The average molecular weight is 209 g/mol. The number of rotatable bonds is 1. The molecule has 0 aromatic carbocycles. The molecule has 0 aliphatic carbocycles. The molecule has 0 saturated carbocycles. The molecular formula is C7H13BrO2. The molecule has 1 aliphatic rings. The van der Waals surface area contributed by atoms with E-state index in [1.54, 1.807) is 0 Å². The van der Waals surface area contributed by atoms with E-state index >= 15 is 0 Å². The van der Waals surface area contributed by atoms with Crippen LogP contribution in [0.15, 0.2) is 0 Å². The van der Waals surface area contributed by atoms with Crippen molar-refractivity contribution in [1.82, 2.24) is 0 Å². The molecule has 2 nitrogen and oxygen atoms in total. The first-order chi connectivity index (χ1) is 4.64. The summed E-state index contributed by atoms with van der Waals surface area (Å²) in [5.41, 5.74) is -0.0847. The van der Waals surface area contributed by atoms with E-state index in [4.69, 9.17) is 9.47 Å². The summed E-state index contributed by atoms with van der Waals surface area (Å²) in [6.07, 6.45) is 0.244. The SMILES string of the molecule is CC1(C)COC(CBr)CO1. The van der Waals surface area contributed by atoms with E-state index in [9.17, 15) is 0 Å². The number of halogens is 1. The highest BCUT2D eigenvalue weighted by Gasteiger charge is 2.27. The highest BCUT2D eigenvalue weighted by molar-refractivity contribution is 9.09. The third kappa shape index (κ3) is 2.22. The molecule has 1 fully saturated rings. The molecule has 1 aliphatic heterocycles. The van der Waals surface area contributed by atoms with E-state index in [1.807, 2.05) is 13.8 Å². The van der Waals surface area contributed by atoms with Gasteiger partial charge in [-0.2, -0.15) is 0 Å². The first-order valence-electron chi connectivity index (χ1n) is 3.45. The Morgan fingerprint density at radius 2 is 2.30 bits per heavy atom. The van der Waals surface area contributed by atoms with Crippen molar-refractivity contribution in [2.45, 2.75) is 25.6 Å². The molecular weight excluding hydrogens is 196 g/mol. The standard InChI is InChI=1S/C7H13BrO2/c1-7(2)5-9-6(3-8)4-10-7/h6H,3-5H2,1-2H3. The molecule has 1 heterocycles. The largest absolute Gasteiger partial charge is 0.372 e. The van der Waals surface area contributed by atoms with Gasteiger partial charge in [0.15, 0.2) is 0 Å². The predicted octanol–water partition coefficient (Wildman–Crippen LogP) is 1.58. The maximum Gasteiger partial charge on any atom is 0.0906 e. The van der Waals surface area contributed by atoms with Crippen LogP contribution in [0.25, 0.3) is 0 Å². The molecule has 3 heteroatoms. The summed E-state index contributed by atoms with van der Waals surface area (Å²) < 4.78 is 11.0. The van der Waals surface area contributed by atoms with Crippen LogP contribution in [0.2, 0.25) is 0 Å². The van der Waals surface area contributed by atoms with Gasteiger partial charge in [-0.25, -0.2) is 0 Å². The number of hydrogen-bond donors (Lipinski definition) is 0. The molecule has 0 amide bonds. The van der Waals surface area contributed by atoms with E-state index in [-0.39, 0.29) is 11.7 Å². The van der Waals surface area contributed by atoms with Crippen molar-refractivity contribution in [3.05, 3.63) is 0 Å². The van der Waals surface area contributed by atoms with Crippen molar-refractivity contribution in [1.29, 1.82) is 0 Å². The summed E-state index contributed by atoms with van der Waals surface area (Å²) in [5.74, 6) is 0. The molecule has 0 spiro atoms. The lowest BCUT2D eigenvalue weighted by Gasteiger charge is -2.34. The van der Waals surface area contributed by atoms with E-state index in [1.165, 1.54) is 0 Å². The van der Waals surface area contributed by atoms with Crippen molar-refractivity contribution in [3.8, 4) is 0 Å². The fraction of sp³-hybridized carbons (Fsp3) is 1.00. The molecule has 0 bridgehead atoms. The Morgan fingerprint density at radius 1 is 1.60 bits per heavy atom. The van der Waals surface area contributed by atoms with E-state index in [0.717, 1.165) is 5.33 Å². The second kappa shape index (κ2) is 3.20. The lowest BCUT2D eigenvalue weighted by molar-refractivity contribution is -0.167. The van der Waals surface area contributed by atoms with Gasteiger partial charge < -0.3 is 9.47 Å². The normalized spacial score (nSPS) is 32.1. The van der Waals surface area contributed by atoms with Crippen LogP contribution in [-0.2, 0) is 9.47 Å². The minimum absolute atomic E-state index is 0.0847. The van der Waals surface area contributed by atoms with Crippen molar-refractivity contribution < 1.29 is 9.47 Å².